The molecule has 1 unspecified atom stereocenters. The van der Waals surface area contributed by atoms with Crippen molar-refractivity contribution in [3.05, 3.63) is 77.3 Å². The highest BCUT2D eigenvalue weighted by molar-refractivity contribution is 6.10. The molecule has 0 aliphatic carbocycles. The number of aromatic nitrogens is 1. The van der Waals surface area contributed by atoms with Crippen LogP contribution in [0.4, 0.5) is 0 Å². The maximum Gasteiger partial charge on any atom is 0.191 e. The minimum atomic E-state index is -0.297. The monoisotopic (exact) mass is 432 g/mol. The standard InChI is InChI=1S/C27H32N2O3/c1-8-20(17(3)30)24(31)14-23-21-13-25(32-7)22(18-10-9-16(2)28-15-18)11-19(21)12-26(29-23)27(4,5)6/h8-11,13-15,26,29-30H,3,12H2,1-2,4-7H3/b20-8-,23-14-. The fourth-order valence-electron chi connectivity index (χ4n) is 3.90. The van der Waals surface area contributed by atoms with E-state index < -0.39 is 0 Å². The molecule has 1 aliphatic rings. The molecule has 1 aliphatic heterocycles. The summed E-state index contributed by atoms with van der Waals surface area (Å²) in [5.41, 5.74) is 5.82. The van der Waals surface area contributed by atoms with Crippen LogP contribution in [0.25, 0.3) is 16.8 Å². The average molecular weight is 433 g/mol. The first kappa shape index (κ1) is 23.3. The fraction of sp³-hybridized carbons (Fsp3) is 0.333. The van der Waals surface area contributed by atoms with Gasteiger partial charge in [-0.2, -0.15) is 0 Å². The highest BCUT2D eigenvalue weighted by Gasteiger charge is 2.32. The normalized spacial score (nSPS) is 17.5. The zero-order chi connectivity index (χ0) is 23.6. The molecule has 0 radical (unpaired) electrons. The Bertz CT molecular complexity index is 1100. The Balaban J connectivity index is 2.18. The van der Waals surface area contributed by atoms with E-state index in [1.54, 1.807) is 26.2 Å². The lowest BCUT2D eigenvalue weighted by atomic mass is 9.78. The summed E-state index contributed by atoms with van der Waals surface area (Å²) in [6.07, 6.45) is 5.78. The second kappa shape index (κ2) is 9.03. The van der Waals surface area contributed by atoms with Crippen LogP contribution in [-0.4, -0.2) is 29.0 Å². The van der Waals surface area contributed by atoms with Crippen LogP contribution < -0.4 is 10.1 Å². The minimum absolute atomic E-state index is 0.0324. The number of aliphatic hydroxyl groups excluding tert-OH is 1. The van der Waals surface area contributed by atoms with Gasteiger partial charge in [-0.3, -0.25) is 9.78 Å². The van der Waals surface area contributed by atoms with E-state index >= 15 is 0 Å². The SMILES string of the molecule is C=C(O)/C(=C/C)C(=O)/C=C1\NC(C(C)(C)C)Cc2cc(-c3ccc(C)nc3)c(OC)cc21. The Hall–Kier alpha value is -3.34. The van der Waals surface area contributed by atoms with Gasteiger partial charge < -0.3 is 15.2 Å². The van der Waals surface area contributed by atoms with Crippen molar-refractivity contribution in [3.63, 3.8) is 0 Å². The number of methoxy groups -OCH3 is 1. The first-order valence-electron chi connectivity index (χ1n) is 10.8. The van der Waals surface area contributed by atoms with Gasteiger partial charge in [-0.1, -0.05) is 39.5 Å². The van der Waals surface area contributed by atoms with Gasteiger partial charge in [0.05, 0.1) is 12.7 Å². The number of allylic oxidation sites excluding steroid dienone is 3. The molecule has 0 amide bonds. The predicted octanol–water partition coefficient (Wildman–Crippen LogP) is 5.55. The quantitative estimate of drug-likeness (QED) is 0.368. The summed E-state index contributed by atoms with van der Waals surface area (Å²) in [4.78, 5) is 17.3. The van der Waals surface area contributed by atoms with E-state index in [-0.39, 0.29) is 28.6 Å². The van der Waals surface area contributed by atoms with Crippen LogP contribution in [0.1, 0.15) is 44.5 Å². The topological polar surface area (TPSA) is 71.5 Å². The average Bonchev–Trinajstić information content (AvgIpc) is 2.72. The number of hydrogen-bond acceptors (Lipinski definition) is 5. The van der Waals surface area contributed by atoms with Crippen molar-refractivity contribution in [2.24, 2.45) is 5.41 Å². The molecule has 1 aromatic heterocycles. The van der Waals surface area contributed by atoms with E-state index in [9.17, 15) is 9.90 Å². The number of carbonyl (C=O) groups excluding carboxylic acids is 1. The van der Waals surface area contributed by atoms with Crippen LogP contribution in [0.2, 0.25) is 0 Å². The molecular formula is C27H32N2O3. The molecule has 0 saturated carbocycles. The van der Waals surface area contributed by atoms with Gasteiger partial charge in [-0.25, -0.2) is 0 Å². The molecule has 3 rings (SSSR count). The van der Waals surface area contributed by atoms with Crippen molar-refractivity contribution in [3.8, 4) is 16.9 Å². The Morgan fingerprint density at radius 2 is 2.00 bits per heavy atom. The first-order valence-corrected chi connectivity index (χ1v) is 10.8. The molecule has 5 heteroatoms. The Morgan fingerprint density at radius 3 is 2.53 bits per heavy atom. The number of carbonyl (C=O) groups is 1. The van der Waals surface area contributed by atoms with E-state index in [2.05, 4.69) is 43.7 Å². The predicted molar refractivity (Wildman–Crippen MR) is 130 cm³/mol. The van der Waals surface area contributed by atoms with Crippen LogP contribution in [0, 0.1) is 12.3 Å². The van der Waals surface area contributed by atoms with Gasteiger partial charge in [0.15, 0.2) is 5.78 Å². The maximum atomic E-state index is 12.9. The Morgan fingerprint density at radius 1 is 1.28 bits per heavy atom. The number of fused-ring (bicyclic) bond motifs is 1. The number of ketones is 1. The molecule has 5 nitrogen and oxygen atoms in total. The van der Waals surface area contributed by atoms with Gasteiger partial charge in [0.2, 0.25) is 0 Å². The Kier molecular flexibility index (Phi) is 6.58. The number of nitrogens with zero attached hydrogens (tertiary/aromatic N) is 1. The van der Waals surface area contributed by atoms with Crippen molar-refractivity contribution in [1.29, 1.82) is 0 Å². The summed E-state index contributed by atoms with van der Waals surface area (Å²) in [6, 6.07) is 8.26. The largest absolute Gasteiger partial charge is 0.508 e. The minimum Gasteiger partial charge on any atom is -0.508 e. The number of nitrogens with one attached hydrogen (secondary N) is 1. The first-order chi connectivity index (χ1) is 15.0. The summed E-state index contributed by atoms with van der Waals surface area (Å²) < 4.78 is 5.72. The zero-order valence-electron chi connectivity index (χ0n) is 19.7. The summed E-state index contributed by atoms with van der Waals surface area (Å²) in [6.45, 7) is 13.7. The number of pyridine rings is 1. The molecule has 168 valence electrons. The molecule has 1 aromatic carbocycles. The summed E-state index contributed by atoms with van der Waals surface area (Å²) >= 11 is 0. The highest BCUT2D eigenvalue weighted by Crippen LogP contribution is 2.39. The van der Waals surface area contributed by atoms with Crippen LogP contribution in [0.5, 0.6) is 5.75 Å². The van der Waals surface area contributed by atoms with E-state index in [0.717, 1.165) is 34.4 Å². The molecular weight excluding hydrogens is 400 g/mol. The van der Waals surface area contributed by atoms with Crippen LogP contribution in [0.3, 0.4) is 0 Å². The van der Waals surface area contributed by atoms with Gasteiger partial charge in [-0.05, 0) is 49.4 Å². The number of benzene rings is 1. The third-order valence-electron chi connectivity index (χ3n) is 5.88. The molecule has 2 aromatic rings. The lowest BCUT2D eigenvalue weighted by Gasteiger charge is -2.38. The van der Waals surface area contributed by atoms with E-state index in [4.69, 9.17) is 4.74 Å². The molecule has 2 heterocycles. The van der Waals surface area contributed by atoms with Crippen molar-refractivity contribution < 1.29 is 14.6 Å². The van der Waals surface area contributed by atoms with E-state index in [1.165, 1.54) is 0 Å². The second-order valence-corrected chi connectivity index (χ2v) is 9.24. The van der Waals surface area contributed by atoms with Crippen LogP contribution in [0.15, 0.2) is 60.5 Å². The lowest BCUT2D eigenvalue weighted by molar-refractivity contribution is -0.111. The molecule has 0 bridgehead atoms. The summed E-state index contributed by atoms with van der Waals surface area (Å²) in [5, 5.41) is 13.3. The van der Waals surface area contributed by atoms with E-state index in [1.807, 2.05) is 31.3 Å². The van der Waals surface area contributed by atoms with Crippen LogP contribution >= 0.6 is 0 Å². The number of hydrogen-bond donors (Lipinski definition) is 2. The summed E-state index contributed by atoms with van der Waals surface area (Å²) in [7, 11) is 1.64. The number of ether oxygens (including phenoxy) is 1. The second-order valence-electron chi connectivity index (χ2n) is 9.24. The number of aliphatic hydroxyl groups is 1. The molecule has 2 N–H and O–H groups in total. The van der Waals surface area contributed by atoms with Gasteiger partial charge in [0.25, 0.3) is 0 Å². The highest BCUT2D eigenvalue weighted by atomic mass is 16.5. The van der Waals surface area contributed by atoms with Crippen LogP contribution in [-0.2, 0) is 11.2 Å². The molecule has 1 atom stereocenters. The van der Waals surface area contributed by atoms with E-state index in [0.29, 0.717) is 11.4 Å². The third-order valence-corrected chi connectivity index (χ3v) is 5.88. The number of aryl methyl sites for hydroxylation is 1. The smallest absolute Gasteiger partial charge is 0.191 e. The third kappa shape index (κ3) is 4.77. The maximum absolute atomic E-state index is 12.9. The van der Waals surface area contributed by atoms with Gasteiger partial charge in [-0.15, -0.1) is 0 Å². The van der Waals surface area contributed by atoms with Gasteiger partial charge in [0, 0.05) is 46.4 Å². The molecule has 0 spiro atoms. The van der Waals surface area contributed by atoms with Crippen molar-refractivity contribution in [2.45, 2.75) is 47.1 Å². The zero-order valence-corrected chi connectivity index (χ0v) is 19.7. The fourth-order valence-corrected chi connectivity index (χ4v) is 3.90. The van der Waals surface area contributed by atoms with Gasteiger partial charge in [0.1, 0.15) is 11.5 Å². The van der Waals surface area contributed by atoms with Crippen molar-refractivity contribution in [1.82, 2.24) is 10.3 Å². The lowest BCUT2D eigenvalue weighted by Crippen LogP contribution is -2.44. The van der Waals surface area contributed by atoms with Gasteiger partial charge >= 0.3 is 0 Å². The summed E-state index contributed by atoms with van der Waals surface area (Å²) in [5.74, 6) is 0.174. The molecule has 32 heavy (non-hydrogen) atoms. The molecule has 0 fully saturated rings. The Labute approximate surface area is 190 Å². The van der Waals surface area contributed by atoms with Crippen molar-refractivity contribution >= 4 is 11.5 Å². The number of rotatable bonds is 5. The molecule has 0 saturated heterocycles. The van der Waals surface area contributed by atoms with Crippen molar-refractivity contribution in [2.75, 3.05) is 7.11 Å².